The van der Waals surface area contributed by atoms with Crippen LogP contribution in [-0.2, 0) is 42.9 Å². The minimum absolute atomic E-state index is 0.00183. The van der Waals surface area contributed by atoms with Crippen molar-refractivity contribution in [2.24, 2.45) is 33.5 Å². The van der Waals surface area contributed by atoms with Crippen LogP contribution in [0.4, 0.5) is 0 Å². The smallest absolute Gasteiger partial charge is 0.302 e. The topological polar surface area (TPSA) is 122 Å². The summed E-state index contributed by atoms with van der Waals surface area (Å²) in [6.07, 6.45) is 3.56. The number of hydrogen-bond acceptors (Lipinski definition) is 9. The van der Waals surface area contributed by atoms with Crippen LogP contribution < -0.4 is 0 Å². The highest BCUT2D eigenvalue weighted by atomic mass is 16.6. The largest absolute Gasteiger partial charge is 0.465 e. The number of carbonyl (C=O) groups is 5. The van der Waals surface area contributed by atoms with Crippen LogP contribution in [0, 0.1) is 33.5 Å². The third kappa shape index (κ3) is 4.00. The standard InChI is InChI=1S/C28H38O9/c1-15(29)34-14-27(7)19-12-21(33)28-11-10-26(6,24(28)37-18(4)32)23(36-17(3)31)13-20(28)25(19,5)9-8-22(27)35-16(2)30/h10-11,19-20,22-24H,8-9,12-14H2,1-7H3/t19-,20-,22+,23-,24-,25+,26-,27+,28+/m0/s1. The monoisotopic (exact) mass is 518 g/mol. The number of carbonyl (C=O) groups excluding carboxylic acids is 5. The van der Waals surface area contributed by atoms with Crippen molar-refractivity contribution in [3.63, 3.8) is 0 Å². The van der Waals surface area contributed by atoms with Gasteiger partial charge < -0.3 is 18.9 Å². The minimum atomic E-state index is -1.06. The quantitative estimate of drug-likeness (QED) is 0.306. The summed E-state index contributed by atoms with van der Waals surface area (Å²) in [4.78, 5) is 62.5. The van der Waals surface area contributed by atoms with Crippen LogP contribution in [0.25, 0.3) is 0 Å². The van der Waals surface area contributed by atoms with E-state index in [1.54, 1.807) is 0 Å². The van der Waals surface area contributed by atoms with Crippen molar-refractivity contribution < 1.29 is 42.9 Å². The Morgan fingerprint density at radius 3 is 2.00 bits per heavy atom. The van der Waals surface area contributed by atoms with Gasteiger partial charge in [-0.05, 0) is 43.4 Å². The molecule has 9 heteroatoms. The van der Waals surface area contributed by atoms with Gasteiger partial charge in [-0.2, -0.15) is 0 Å². The van der Waals surface area contributed by atoms with Gasteiger partial charge in [0.25, 0.3) is 0 Å². The minimum Gasteiger partial charge on any atom is -0.465 e. The van der Waals surface area contributed by atoms with Gasteiger partial charge in [-0.15, -0.1) is 0 Å². The third-order valence-electron chi connectivity index (χ3n) is 9.87. The van der Waals surface area contributed by atoms with E-state index >= 15 is 0 Å². The second kappa shape index (κ2) is 8.95. The maximum atomic E-state index is 14.3. The summed E-state index contributed by atoms with van der Waals surface area (Å²) in [5, 5.41) is 0. The Labute approximate surface area is 217 Å². The van der Waals surface area contributed by atoms with E-state index < -0.39 is 63.8 Å². The molecule has 3 fully saturated rings. The molecule has 0 radical (unpaired) electrons. The van der Waals surface area contributed by atoms with E-state index in [-0.39, 0.29) is 30.6 Å². The molecule has 9 atom stereocenters. The van der Waals surface area contributed by atoms with Crippen molar-refractivity contribution in [1.29, 1.82) is 0 Å². The first-order valence-corrected chi connectivity index (χ1v) is 13.0. The fraction of sp³-hybridized carbons (Fsp3) is 0.750. The number of Topliss-reactive ketones (excluding diaryl/α,β-unsaturated/α-hetero) is 1. The van der Waals surface area contributed by atoms with Crippen LogP contribution >= 0.6 is 0 Å². The average molecular weight is 519 g/mol. The lowest BCUT2D eigenvalue weighted by Crippen LogP contribution is -2.70. The predicted molar refractivity (Wildman–Crippen MR) is 130 cm³/mol. The molecule has 0 aromatic heterocycles. The van der Waals surface area contributed by atoms with Crippen LogP contribution in [0.1, 0.15) is 74.1 Å². The van der Waals surface area contributed by atoms with Gasteiger partial charge in [-0.25, -0.2) is 0 Å². The summed E-state index contributed by atoms with van der Waals surface area (Å²) in [7, 11) is 0. The van der Waals surface area contributed by atoms with Gasteiger partial charge in [0.1, 0.15) is 30.7 Å². The zero-order chi connectivity index (χ0) is 27.6. The summed E-state index contributed by atoms with van der Waals surface area (Å²) < 4.78 is 22.9. The van der Waals surface area contributed by atoms with E-state index in [0.717, 1.165) is 0 Å². The Morgan fingerprint density at radius 1 is 0.838 bits per heavy atom. The molecule has 2 bridgehead atoms. The highest BCUT2D eigenvalue weighted by Gasteiger charge is 2.75. The third-order valence-corrected chi connectivity index (χ3v) is 9.87. The van der Waals surface area contributed by atoms with E-state index in [9.17, 15) is 24.0 Å². The highest BCUT2D eigenvalue weighted by molar-refractivity contribution is 5.91. The summed E-state index contributed by atoms with van der Waals surface area (Å²) in [5.41, 5.74) is -3.22. The second-order valence-corrected chi connectivity index (χ2v) is 12.1. The number of fused-ring (bicyclic) bond motifs is 3. The molecule has 0 unspecified atom stereocenters. The molecule has 0 aromatic carbocycles. The Balaban J connectivity index is 1.85. The first-order chi connectivity index (χ1) is 17.1. The molecule has 0 aromatic rings. The predicted octanol–water partition coefficient (Wildman–Crippen LogP) is 3.32. The van der Waals surface area contributed by atoms with E-state index in [1.165, 1.54) is 27.7 Å². The first-order valence-electron chi connectivity index (χ1n) is 13.0. The van der Waals surface area contributed by atoms with E-state index in [1.807, 2.05) is 26.0 Å². The number of ether oxygens (including phenoxy) is 4. The first kappa shape index (κ1) is 27.3. The molecular weight excluding hydrogens is 480 g/mol. The number of rotatable bonds is 5. The molecule has 0 saturated heterocycles. The maximum Gasteiger partial charge on any atom is 0.302 e. The molecule has 204 valence electrons. The Kier molecular flexibility index (Phi) is 6.61. The van der Waals surface area contributed by atoms with Gasteiger partial charge in [-0.1, -0.05) is 26.0 Å². The molecule has 4 rings (SSSR count). The molecular formula is C28H38O9. The molecule has 4 aliphatic carbocycles. The molecule has 37 heavy (non-hydrogen) atoms. The number of esters is 4. The lowest BCUT2D eigenvalue weighted by molar-refractivity contribution is -0.239. The Hall–Kier alpha value is -2.71. The Bertz CT molecular complexity index is 1060. The van der Waals surface area contributed by atoms with Gasteiger partial charge in [0.05, 0.1) is 10.8 Å². The molecule has 0 heterocycles. The molecule has 0 N–H and O–H groups in total. The van der Waals surface area contributed by atoms with Crippen molar-refractivity contribution in [2.75, 3.05) is 6.61 Å². The van der Waals surface area contributed by atoms with Gasteiger partial charge in [-0.3, -0.25) is 24.0 Å². The van der Waals surface area contributed by atoms with Crippen LogP contribution in [0.3, 0.4) is 0 Å². The zero-order valence-corrected chi connectivity index (χ0v) is 22.8. The fourth-order valence-electron chi connectivity index (χ4n) is 8.27. The van der Waals surface area contributed by atoms with E-state index in [2.05, 4.69) is 6.92 Å². The maximum absolute atomic E-state index is 14.3. The normalized spacial score (nSPS) is 43.8. The molecule has 1 spiro atoms. The molecule has 3 saturated carbocycles. The average Bonchev–Trinajstić information content (AvgIpc) is 2.98. The van der Waals surface area contributed by atoms with Gasteiger partial charge in [0, 0.05) is 39.5 Å². The van der Waals surface area contributed by atoms with Gasteiger partial charge >= 0.3 is 23.9 Å². The Morgan fingerprint density at radius 2 is 1.43 bits per heavy atom. The summed E-state index contributed by atoms with van der Waals surface area (Å²) in [5.74, 6) is -2.51. The van der Waals surface area contributed by atoms with Gasteiger partial charge in [0.15, 0.2) is 0 Å². The fourth-order valence-corrected chi connectivity index (χ4v) is 8.27. The van der Waals surface area contributed by atoms with Crippen LogP contribution in [0.5, 0.6) is 0 Å². The van der Waals surface area contributed by atoms with Crippen molar-refractivity contribution in [3.05, 3.63) is 12.2 Å². The lowest BCUT2D eigenvalue weighted by atomic mass is 9.38. The zero-order valence-electron chi connectivity index (χ0n) is 22.8. The summed E-state index contributed by atoms with van der Waals surface area (Å²) >= 11 is 0. The van der Waals surface area contributed by atoms with Crippen molar-refractivity contribution >= 4 is 29.7 Å². The van der Waals surface area contributed by atoms with Crippen LogP contribution in [-0.4, -0.2) is 54.6 Å². The van der Waals surface area contributed by atoms with Crippen LogP contribution in [0.15, 0.2) is 12.2 Å². The van der Waals surface area contributed by atoms with E-state index in [0.29, 0.717) is 19.3 Å². The SMILES string of the molecule is CC(=O)OC[C@]1(C)[C@H]2CC(=O)[C@@]34C=C[C@@](C)([C@@H](OC(C)=O)C[C@H]3[C@]2(C)CC[C@H]1OC(C)=O)[C@@H]4OC(C)=O. The molecule has 9 nitrogen and oxygen atoms in total. The van der Waals surface area contributed by atoms with Crippen molar-refractivity contribution in [1.82, 2.24) is 0 Å². The molecule has 0 amide bonds. The van der Waals surface area contributed by atoms with Crippen molar-refractivity contribution in [2.45, 2.75) is 92.5 Å². The summed E-state index contributed by atoms with van der Waals surface area (Å²) in [6.45, 7) is 11.3. The molecule has 0 aliphatic heterocycles. The molecule has 4 aliphatic rings. The number of ketones is 1. The van der Waals surface area contributed by atoms with E-state index in [4.69, 9.17) is 18.9 Å². The van der Waals surface area contributed by atoms with Crippen molar-refractivity contribution in [3.8, 4) is 0 Å². The number of hydrogen-bond donors (Lipinski definition) is 0. The summed E-state index contributed by atoms with van der Waals surface area (Å²) in [6, 6.07) is 0. The van der Waals surface area contributed by atoms with Gasteiger partial charge in [0.2, 0.25) is 0 Å². The lowest BCUT2D eigenvalue weighted by Gasteiger charge is -2.66. The highest BCUT2D eigenvalue weighted by Crippen LogP contribution is 2.71. The second-order valence-electron chi connectivity index (χ2n) is 12.1. The van der Waals surface area contributed by atoms with Crippen LogP contribution in [0.2, 0.25) is 0 Å².